The van der Waals surface area contributed by atoms with Crippen molar-refractivity contribution in [2.45, 2.75) is 142 Å². The van der Waals surface area contributed by atoms with Gasteiger partial charge in [-0.2, -0.15) is 0 Å². The number of hydrogen-bond donors (Lipinski definition) is 5. The quantitative estimate of drug-likeness (QED) is 0.0710. The molecule has 1 aliphatic rings. The third kappa shape index (κ3) is 16.9. The molecule has 1 saturated heterocycles. The van der Waals surface area contributed by atoms with E-state index < -0.39 is 152 Å². The predicted molar refractivity (Wildman–Crippen MR) is 252 cm³/mol. The first-order valence-electron chi connectivity index (χ1n) is 22.6. The number of rotatable bonds is 14. The van der Waals surface area contributed by atoms with E-state index in [9.17, 15) is 52.6 Å². The van der Waals surface area contributed by atoms with Crippen molar-refractivity contribution in [1.29, 1.82) is 0 Å². The molecular formula is C46H69N7O17P+. The van der Waals surface area contributed by atoms with Crippen LogP contribution in [0.15, 0.2) is 42.6 Å². The second-order valence-corrected chi connectivity index (χ2v) is 18.5. The lowest BCUT2D eigenvalue weighted by Crippen LogP contribution is -2.64. The summed E-state index contributed by atoms with van der Waals surface area (Å²) >= 11 is 0. The summed E-state index contributed by atoms with van der Waals surface area (Å²) in [4.78, 5) is 151. The maximum atomic E-state index is 15.0. The first-order valence-corrected chi connectivity index (χ1v) is 23.8. The highest BCUT2D eigenvalue weighted by molar-refractivity contribution is 7.32. The van der Waals surface area contributed by atoms with E-state index in [1.54, 1.807) is 44.2 Å². The number of carbonyl (C=O) groups is 10. The van der Waals surface area contributed by atoms with Gasteiger partial charge in [0, 0.05) is 53.1 Å². The Morgan fingerprint density at radius 1 is 0.845 bits per heavy atom. The zero-order chi connectivity index (χ0) is 54.3. The van der Waals surface area contributed by atoms with Gasteiger partial charge in [0.25, 0.3) is 11.8 Å². The fourth-order valence-corrected chi connectivity index (χ4v) is 7.72. The predicted octanol–water partition coefficient (Wildman–Crippen LogP) is 0.0247. The number of methoxy groups -OCH3 is 1. The van der Waals surface area contributed by atoms with Crippen LogP contribution in [0.2, 0.25) is 0 Å². The highest BCUT2D eigenvalue weighted by Crippen LogP contribution is 2.25. The van der Waals surface area contributed by atoms with Gasteiger partial charge in [0.2, 0.25) is 29.5 Å². The van der Waals surface area contributed by atoms with E-state index in [-0.39, 0.29) is 6.42 Å². The average molecular weight is 1020 g/mol. The molecule has 25 heteroatoms. The number of amides is 7. The number of esters is 3. The van der Waals surface area contributed by atoms with Gasteiger partial charge in [0.15, 0.2) is 24.2 Å². The monoisotopic (exact) mass is 1020 g/mol. The van der Waals surface area contributed by atoms with Crippen LogP contribution in [0.25, 0.3) is 0 Å². The molecule has 0 aromatic heterocycles. The molecular weight excluding hydrogens is 954 g/mol. The number of nitrogens with zero attached hydrogens (tertiary/aromatic N) is 3. The molecule has 1 heterocycles. The Labute approximate surface area is 414 Å². The Balaban J connectivity index is 2.97. The smallest absolute Gasteiger partial charge is 0.458 e. The van der Waals surface area contributed by atoms with Gasteiger partial charge in [0.05, 0.1) is 6.10 Å². The molecule has 0 radical (unpaired) electrons. The molecule has 1 aromatic rings. The Morgan fingerprint density at radius 3 is 1.94 bits per heavy atom. The van der Waals surface area contributed by atoms with Gasteiger partial charge in [-0.05, 0) is 45.1 Å². The number of likely N-dealkylation sites (N-methyl/N-ethyl adjacent to an activating group) is 3. The Hall–Kier alpha value is -6.36. The fraction of sp³-hybridized carbons (Fsp3) is 0.609. The highest BCUT2D eigenvalue weighted by Gasteiger charge is 2.47. The minimum atomic E-state index is -3.29. The summed E-state index contributed by atoms with van der Waals surface area (Å²) in [7, 11) is 1.47. The van der Waals surface area contributed by atoms with Crippen molar-refractivity contribution in [3.63, 3.8) is 0 Å². The van der Waals surface area contributed by atoms with Crippen molar-refractivity contribution in [1.82, 2.24) is 36.0 Å². The third-order valence-electron chi connectivity index (χ3n) is 11.6. The molecule has 1 aliphatic heterocycles. The van der Waals surface area contributed by atoms with E-state index in [1.807, 2.05) is 0 Å². The average Bonchev–Trinajstić information content (AvgIpc) is 3.29. The first-order chi connectivity index (χ1) is 33.0. The molecule has 71 heavy (non-hydrogen) atoms. The molecule has 1 unspecified atom stereocenters. The second-order valence-electron chi connectivity index (χ2n) is 17.8. The number of benzene rings is 1. The molecule has 394 valence electrons. The summed E-state index contributed by atoms with van der Waals surface area (Å²) in [5, 5.41) is 9.69. The van der Waals surface area contributed by atoms with Crippen molar-refractivity contribution >= 4 is 67.5 Å². The molecule has 7 amide bonds. The molecule has 2 rings (SSSR count). The maximum absolute atomic E-state index is 15.0. The molecule has 1 fully saturated rings. The van der Waals surface area contributed by atoms with Crippen LogP contribution in [-0.2, 0) is 82.4 Å². The number of cyclic esters (lactones) is 2. The van der Waals surface area contributed by atoms with E-state index in [2.05, 4.69) is 27.8 Å². The summed E-state index contributed by atoms with van der Waals surface area (Å²) in [5.74, 6) is -11.9. The minimum Gasteiger partial charge on any atom is -0.458 e. The molecule has 0 aliphatic carbocycles. The zero-order valence-electron chi connectivity index (χ0n) is 42.6. The topological polar surface area (TPSA) is 312 Å². The van der Waals surface area contributed by atoms with Gasteiger partial charge in [-0.15, -0.1) is 9.42 Å². The van der Waals surface area contributed by atoms with Crippen LogP contribution >= 0.6 is 8.25 Å². The normalized spacial score (nSPS) is 24.8. The summed E-state index contributed by atoms with van der Waals surface area (Å²) in [6.45, 7) is 17.1. The lowest BCUT2D eigenvalue weighted by atomic mass is 9.96. The first kappa shape index (κ1) is 60.8. The molecule has 24 nitrogen and oxygen atoms in total. The number of carbonyl (C=O) groups excluding carboxylic acids is 10. The van der Waals surface area contributed by atoms with Crippen LogP contribution in [-0.4, -0.2) is 174 Å². The molecule has 5 N–H and O–H groups in total. The summed E-state index contributed by atoms with van der Waals surface area (Å²) < 4.78 is 39.7. The fourth-order valence-electron chi connectivity index (χ4n) is 7.32. The van der Waals surface area contributed by atoms with Crippen molar-refractivity contribution < 1.29 is 80.9 Å². The minimum absolute atomic E-state index is 0.248. The number of ether oxygens (including phenoxy) is 4. The van der Waals surface area contributed by atoms with Crippen molar-refractivity contribution in [2.24, 2.45) is 11.8 Å². The van der Waals surface area contributed by atoms with Gasteiger partial charge in [-0.3, -0.25) is 33.6 Å². The maximum Gasteiger partial charge on any atom is 0.695 e. The molecule has 12 atom stereocenters. The second kappa shape index (κ2) is 27.3. The van der Waals surface area contributed by atoms with E-state index in [4.69, 9.17) is 23.5 Å². The summed E-state index contributed by atoms with van der Waals surface area (Å²) in [5.41, 5.74) is 0.0244. The van der Waals surface area contributed by atoms with E-state index >= 15 is 4.79 Å². The van der Waals surface area contributed by atoms with Crippen LogP contribution in [0.5, 0.6) is 0 Å². The third-order valence-corrected chi connectivity index (χ3v) is 12.1. The zero-order valence-corrected chi connectivity index (χ0v) is 43.5. The highest BCUT2D eigenvalue weighted by atomic mass is 31.1. The van der Waals surface area contributed by atoms with Gasteiger partial charge >= 0.3 is 26.2 Å². The van der Waals surface area contributed by atoms with Crippen LogP contribution in [0, 0.1) is 11.8 Å². The van der Waals surface area contributed by atoms with E-state index in [0.717, 1.165) is 35.6 Å². The standard InChI is InChI=1S/C46H68N7O17P/c1-22(2)37(68-44(61)33(48-29(10)54)27(8)70-71(64)65)34-43(60)53(14)36(28(9)66-15)46(63)69-38(23(3)4)35(49-30(11)55)45(62)67-32(21-31-19-17-16-18-20-31)42(59)52(13)25(6)39(56)47-24(5)41(58)51(12)26(7)40(57)50-34/h16-20,22-24,26-28,32-38H,6,21H2,1-5,7-15H3,(H4-,47,48,49,50,54,55,56,57,64,65)/p+1/t24-,26-,27+,28+,32+,33-,34-,35-,36-,37+,38+/m0/s1. The van der Waals surface area contributed by atoms with E-state index in [1.165, 1.54) is 62.7 Å². The molecule has 0 saturated carbocycles. The van der Waals surface area contributed by atoms with Gasteiger partial charge < -0.3 is 54.9 Å². The summed E-state index contributed by atoms with van der Waals surface area (Å²) in [6, 6.07) is -1.68. The van der Waals surface area contributed by atoms with Crippen LogP contribution in [0.3, 0.4) is 0 Å². The Bertz CT molecular complexity index is 2160. The van der Waals surface area contributed by atoms with Gasteiger partial charge in [-0.1, -0.05) is 64.6 Å². The number of nitrogens with one attached hydrogen (secondary N) is 4. The molecule has 0 bridgehead atoms. The van der Waals surface area contributed by atoms with Crippen molar-refractivity contribution in [2.75, 3.05) is 28.3 Å². The lowest BCUT2D eigenvalue weighted by Gasteiger charge is -2.38. The Morgan fingerprint density at radius 2 is 1.44 bits per heavy atom. The Kier molecular flexibility index (Phi) is 23.4. The number of hydrogen-bond acceptors (Lipinski definition) is 16. The lowest BCUT2D eigenvalue weighted by molar-refractivity contribution is -0.176. The van der Waals surface area contributed by atoms with Crippen LogP contribution in [0.1, 0.15) is 74.8 Å². The molecule has 1 aromatic carbocycles. The summed E-state index contributed by atoms with van der Waals surface area (Å²) in [6.07, 6.45) is -7.88. The van der Waals surface area contributed by atoms with Gasteiger partial charge in [-0.25, -0.2) is 14.4 Å². The van der Waals surface area contributed by atoms with Crippen LogP contribution in [0.4, 0.5) is 0 Å². The van der Waals surface area contributed by atoms with E-state index in [0.29, 0.717) is 5.56 Å². The van der Waals surface area contributed by atoms with Gasteiger partial charge in [0.1, 0.15) is 42.1 Å². The largest absolute Gasteiger partial charge is 0.695 e. The van der Waals surface area contributed by atoms with Crippen LogP contribution < -0.4 is 21.3 Å². The SMILES string of the molecule is C=C1C(=O)N[C@@H](C)C(=O)N(C)[C@@H](C)C(=O)N[C@@H]([C@H](OC(=O)[C@@H](NC(C)=O)[C@@H](C)O[P+](=O)O)C(C)C)C(=O)N(C)[C@@H]([C@@H](C)OC)C(=O)O[C@H](C(C)C)[C@H](NC(C)=O)C(=O)O[C@H](Cc2ccccc2)C(=O)N1C. The van der Waals surface area contributed by atoms with Crippen molar-refractivity contribution in [3.8, 4) is 0 Å². The van der Waals surface area contributed by atoms with Crippen molar-refractivity contribution in [3.05, 3.63) is 48.2 Å². The molecule has 0 spiro atoms.